The summed E-state index contributed by atoms with van der Waals surface area (Å²) in [7, 11) is 4.40. The lowest BCUT2D eigenvalue weighted by Crippen LogP contribution is -2.58. The lowest BCUT2D eigenvalue weighted by molar-refractivity contribution is 0.0640. The predicted octanol–water partition coefficient (Wildman–Crippen LogP) is 2.62. The van der Waals surface area contributed by atoms with Gasteiger partial charge < -0.3 is 10.6 Å². The van der Waals surface area contributed by atoms with Gasteiger partial charge in [-0.15, -0.1) is 0 Å². The first-order chi connectivity index (χ1) is 6.99. The minimum atomic E-state index is 0.280. The first-order valence-corrected chi connectivity index (χ1v) is 6.42. The molecule has 1 unspecified atom stereocenters. The monoisotopic (exact) mass is 212 g/mol. The summed E-state index contributed by atoms with van der Waals surface area (Å²) in [5.41, 5.74) is 6.72. The van der Waals surface area contributed by atoms with Gasteiger partial charge in [-0.3, -0.25) is 0 Å². The first kappa shape index (κ1) is 13.0. The van der Waals surface area contributed by atoms with Crippen molar-refractivity contribution < 1.29 is 0 Å². The highest BCUT2D eigenvalue weighted by Crippen LogP contribution is 2.36. The highest BCUT2D eigenvalue weighted by Gasteiger charge is 2.39. The molecule has 1 aliphatic carbocycles. The fraction of sp³-hybridized carbons (Fsp3) is 1.00. The molecule has 1 aliphatic rings. The molecule has 1 rings (SSSR count). The molecule has 0 amide bonds. The molecule has 0 aliphatic heterocycles. The summed E-state index contributed by atoms with van der Waals surface area (Å²) in [5.74, 6) is 0.707. The van der Waals surface area contributed by atoms with E-state index in [1.54, 1.807) is 0 Å². The minimum Gasteiger partial charge on any atom is -0.326 e. The summed E-state index contributed by atoms with van der Waals surface area (Å²) in [6.07, 6.45) is 7.82. The molecular weight excluding hydrogens is 184 g/mol. The second-order valence-corrected chi connectivity index (χ2v) is 5.79. The first-order valence-electron chi connectivity index (χ1n) is 6.42. The van der Waals surface area contributed by atoms with Crippen molar-refractivity contribution in [1.82, 2.24) is 4.90 Å². The third kappa shape index (κ3) is 2.94. The van der Waals surface area contributed by atoms with Crippen LogP contribution >= 0.6 is 0 Å². The van der Waals surface area contributed by atoms with Crippen molar-refractivity contribution in [3.05, 3.63) is 0 Å². The fourth-order valence-electron chi connectivity index (χ4n) is 3.04. The van der Waals surface area contributed by atoms with Crippen molar-refractivity contribution in [2.75, 3.05) is 14.1 Å². The Labute approximate surface area is 95.2 Å². The van der Waals surface area contributed by atoms with Crippen LogP contribution in [-0.4, -0.2) is 30.6 Å². The lowest BCUT2D eigenvalue weighted by Gasteiger charge is -2.47. The Morgan fingerprint density at radius 3 is 2.07 bits per heavy atom. The normalized spacial score (nSPS) is 23.4. The van der Waals surface area contributed by atoms with E-state index >= 15 is 0 Å². The zero-order valence-corrected chi connectivity index (χ0v) is 10.9. The number of hydrogen-bond donors (Lipinski definition) is 1. The SMILES string of the molecule is CC(C)CC(N)C1(N(C)C)CCCCC1. The average Bonchev–Trinajstić information content (AvgIpc) is 2.17. The average molecular weight is 212 g/mol. The van der Waals surface area contributed by atoms with E-state index in [1.807, 2.05) is 0 Å². The largest absolute Gasteiger partial charge is 0.326 e. The minimum absolute atomic E-state index is 0.280. The molecule has 1 saturated carbocycles. The molecule has 0 aromatic rings. The van der Waals surface area contributed by atoms with Crippen LogP contribution in [-0.2, 0) is 0 Å². The summed E-state index contributed by atoms with van der Waals surface area (Å²) in [5, 5.41) is 0. The highest BCUT2D eigenvalue weighted by atomic mass is 15.2. The van der Waals surface area contributed by atoms with E-state index in [0.717, 1.165) is 6.42 Å². The lowest BCUT2D eigenvalue weighted by atomic mass is 9.73. The molecule has 0 heterocycles. The standard InChI is InChI=1S/C13H28N2/c1-11(2)10-12(14)13(15(3)4)8-6-5-7-9-13/h11-12H,5-10,14H2,1-4H3. The summed E-state index contributed by atoms with van der Waals surface area (Å²) in [6, 6.07) is 0.341. The third-order valence-electron chi connectivity index (χ3n) is 4.03. The molecule has 90 valence electrons. The third-order valence-corrected chi connectivity index (χ3v) is 4.03. The van der Waals surface area contributed by atoms with Gasteiger partial charge in [0, 0.05) is 11.6 Å². The van der Waals surface area contributed by atoms with Crippen molar-refractivity contribution in [2.45, 2.75) is 64.0 Å². The smallest absolute Gasteiger partial charge is 0.0354 e. The van der Waals surface area contributed by atoms with E-state index in [1.165, 1.54) is 32.1 Å². The number of nitrogens with zero attached hydrogens (tertiary/aromatic N) is 1. The Morgan fingerprint density at radius 1 is 1.13 bits per heavy atom. The van der Waals surface area contributed by atoms with Gasteiger partial charge in [0.05, 0.1) is 0 Å². The van der Waals surface area contributed by atoms with Crippen LogP contribution in [0.3, 0.4) is 0 Å². The maximum absolute atomic E-state index is 6.44. The maximum Gasteiger partial charge on any atom is 0.0354 e. The van der Waals surface area contributed by atoms with Crippen molar-refractivity contribution in [3.8, 4) is 0 Å². The summed E-state index contributed by atoms with van der Waals surface area (Å²) >= 11 is 0. The fourth-order valence-corrected chi connectivity index (χ4v) is 3.04. The van der Waals surface area contributed by atoms with Crippen LogP contribution in [0.25, 0.3) is 0 Å². The van der Waals surface area contributed by atoms with Crippen LogP contribution in [0.4, 0.5) is 0 Å². The molecule has 0 spiro atoms. The molecule has 2 N–H and O–H groups in total. The van der Waals surface area contributed by atoms with Gasteiger partial charge in [-0.05, 0) is 39.3 Å². The van der Waals surface area contributed by atoms with Crippen molar-refractivity contribution in [1.29, 1.82) is 0 Å². The second kappa shape index (κ2) is 5.31. The van der Waals surface area contributed by atoms with Crippen LogP contribution in [0.5, 0.6) is 0 Å². The number of hydrogen-bond acceptors (Lipinski definition) is 2. The van der Waals surface area contributed by atoms with E-state index < -0.39 is 0 Å². The van der Waals surface area contributed by atoms with Gasteiger partial charge in [0.1, 0.15) is 0 Å². The van der Waals surface area contributed by atoms with E-state index in [0.29, 0.717) is 12.0 Å². The van der Waals surface area contributed by atoms with Gasteiger partial charge in [-0.25, -0.2) is 0 Å². The molecule has 0 bridgehead atoms. The maximum atomic E-state index is 6.44. The molecule has 15 heavy (non-hydrogen) atoms. The Balaban J connectivity index is 2.70. The Morgan fingerprint density at radius 2 is 1.67 bits per heavy atom. The molecule has 0 aromatic heterocycles. The summed E-state index contributed by atoms with van der Waals surface area (Å²) in [6.45, 7) is 4.54. The molecule has 0 aromatic carbocycles. The predicted molar refractivity (Wildman–Crippen MR) is 66.9 cm³/mol. The quantitative estimate of drug-likeness (QED) is 0.776. The molecule has 2 heteroatoms. The van der Waals surface area contributed by atoms with Crippen LogP contribution in [0.1, 0.15) is 52.4 Å². The van der Waals surface area contributed by atoms with Gasteiger partial charge in [0.25, 0.3) is 0 Å². The van der Waals surface area contributed by atoms with Crippen LogP contribution < -0.4 is 5.73 Å². The number of likely N-dealkylation sites (N-methyl/N-ethyl adjacent to an activating group) is 1. The van der Waals surface area contributed by atoms with Crippen molar-refractivity contribution >= 4 is 0 Å². The Kier molecular flexibility index (Phi) is 4.60. The van der Waals surface area contributed by atoms with Crippen LogP contribution in [0.15, 0.2) is 0 Å². The molecular formula is C13H28N2. The Hall–Kier alpha value is -0.0800. The van der Waals surface area contributed by atoms with Crippen LogP contribution in [0.2, 0.25) is 0 Å². The van der Waals surface area contributed by atoms with Crippen molar-refractivity contribution in [3.63, 3.8) is 0 Å². The topological polar surface area (TPSA) is 29.3 Å². The Bertz CT molecular complexity index is 181. The van der Waals surface area contributed by atoms with E-state index in [9.17, 15) is 0 Å². The molecule has 0 radical (unpaired) electrons. The van der Waals surface area contributed by atoms with Crippen LogP contribution in [0, 0.1) is 5.92 Å². The van der Waals surface area contributed by atoms with Gasteiger partial charge in [0.15, 0.2) is 0 Å². The zero-order valence-electron chi connectivity index (χ0n) is 10.9. The van der Waals surface area contributed by atoms with E-state index in [2.05, 4.69) is 32.8 Å². The molecule has 2 nitrogen and oxygen atoms in total. The number of nitrogens with two attached hydrogens (primary N) is 1. The second-order valence-electron chi connectivity index (χ2n) is 5.79. The van der Waals surface area contributed by atoms with Crippen molar-refractivity contribution in [2.24, 2.45) is 11.7 Å². The number of rotatable bonds is 4. The highest BCUT2D eigenvalue weighted by molar-refractivity contribution is 4.99. The van der Waals surface area contributed by atoms with Gasteiger partial charge in [0.2, 0.25) is 0 Å². The van der Waals surface area contributed by atoms with E-state index in [-0.39, 0.29) is 5.54 Å². The van der Waals surface area contributed by atoms with E-state index in [4.69, 9.17) is 5.73 Å². The van der Waals surface area contributed by atoms with Gasteiger partial charge in [-0.2, -0.15) is 0 Å². The van der Waals surface area contributed by atoms with Gasteiger partial charge in [-0.1, -0.05) is 33.1 Å². The summed E-state index contributed by atoms with van der Waals surface area (Å²) in [4.78, 5) is 2.39. The zero-order chi connectivity index (χ0) is 11.5. The summed E-state index contributed by atoms with van der Waals surface area (Å²) < 4.78 is 0. The molecule has 1 fully saturated rings. The molecule has 0 saturated heterocycles. The molecule has 1 atom stereocenters. The van der Waals surface area contributed by atoms with Gasteiger partial charge >= 0.3 is 0 Å².